The van der Waals surface area contributed by atoms with Crippen LogP contribution in [-0.2, 0) is 4.79 Å². The zero-order chi connectivity index (χ0) is 11.0. The number of amides is 1. The minimum absolute atomic E-state index is 0.0141. The zero-order valence-electron chi connectivity index (χ0n) is 8.68. The van der Waals surface area contributed by atoms with E-state index in [1.54, 1.807) is 11.8 Å². The molecule has 0 aromatic rings. The monoisotopic (exact) mass is 283 g/mol. The number of aliphatic hydroxyl groups excluding tert-OH is 1. The molecule has 5 heteroatoms. The van der Waals surface area contributed by atoms with Gasteiger partial charge in [-0.05, 0) is 26.0 Å². The Hall–Kier alpha value is 0.260. The number of aliphatic hydroxyl groups is 1. The summed E-state index contributed by atoms with van der Waals surface area (Å²) >= 11 is 5.03. The molecule has 0 aliphatic carbocycles. The van der Waals surface area contributed by atoms with Gasteiger partial charge in [-0.25, -0.2) is 0 Å². The van der Waals surface area contributed by atoms with Crippen LogP contribution in [-0.4, -0.2) is 40.0 Å². The summed E-state index contributed by atoms with van der Waals surface area (Å²) in [7, 11) is 0. The molecular weight excluding hydrogens is 266 g/mol. The molecule has 0 unspecified atom stereocenters. The van der Waals surface area contributed by atoms with Crippen molar-refractivity contribution in [2.75, 3.05) is 24.7 Å². The molecule has 0 aliphatic rings. The van der Waals surface area contributed by atoms with Crippen molar-refractivity contribution in [3.63, 3.8) is 0 Å². The summed E-state index contributed by atoms with van der Waals surface area (Å²) in [5.41, 5.74) is 0. The summed E-state index contributed by atoms with van der Waals surface area (Å²) in [5.74, 6) is 1.86. The van der Waals surface area contributed by atoms with E-state index >= 15 is 0 Å². The van der Waals surface area contributed by atoms with Crippen LogP contribution in [0.2, 0.25) is 0 Å². The van der Waals surface area contributed by atoms with E-state index in [9.17, 15) is 4.79 Å². The summed E-state index contributed by atoms with van der Waals surface area (Å²) in [6.07, 6.45) is 0.822. The van der Waals surface area contributed by atoms with E-state index in [-0.39, 0.29) is 12.5 Å². The van der Waals surface area contributed by atoms with Gasteiger partial charge in [-0.2, -0.15) is 11.8 Å². The minimum atomic E-state index is -0.483. The normalized spacial score (nSPS) is 11.4. The van der Waals surface area contributed by atoms with Crippen LogP contribution in [0.15, 0.2) is 0 Å². The summed E-state index contributed by atoms with van der Waals surface area (Å²) in [6.45, 7) is 4.57. The predicted molar refractivity (Wildman–Crippen MR) is 65.0 cm³/mol. The zero-order valence-corrected chi connectivity index (χ0v) is 11.1. The van der Waals surface area contributed by atoms with Crippen molar-refractivity contribution in [2.24, 2.45) is 0 Å². The molecule has 0 aliphatic heterocycles. The van der Waals surface area contributed by atoms with Crippen LogP contribution in [0.1, 0.15) is 20.3 Å². The molecule has 0 saturated carbocycles. The van der Waals surface area contributed by atoms with Crippen LogP contribution in [0, 0.1) is 0 Å². The number of thioether (sulfide) groups is 1. The second kappa shape index (κ2) is 7.54. The Balaban J connectivity index is 3.33. The quantitative estimate of drug-likeness (QED) is 0.549. The SMILES string of the molecule is CC(C)(Br)C(=O)NCCSCCCO. The molecule has 0 fully saturated rings. The lowest BCUT2D eigenvalue weighted by molar-refractivity contribution is -0.122. The van der Waals surface area contributed by atoms with Crippen molar-refractivity contribution >= 4 is 33.6 Å². The van der Waals surface area contributed by atoms with E-state index in [1.165, 1.54) is 0 Å². The average Bonchev–Trinajstić information content (AvgIpc) is 2.09. The molecule has 14 heavy (non-hydrogen) atoms. The lowest BCUT2D eigenvalue weighted by Crippen LogP contribution is -2.38. The highest BCUT2D eigenvalue weighted by atomic mass is 79.9. The van der Waals surface area contributed by atoms with Crippen LogP contribution in [0.4, 0.5) is 0 Å². The third-order valence-electron chi connectivity index (χ3n) is 1.52. The van der Waals surface area contributed by atoms with Crippen LogP contribution in [0.5, 0.6) is 0 Å². The van der Waals surface area contributed by atoms with Gasteiger partial charge in [0, 0.05) is 18.9 Å². The summed E-state index contributed by atoms with van der Waals surface area (Å²) in [5, 5.41) is 11.4. The minimum Gasteiger partial charge on any atom is -0.396 e. The first-order chi connectivity index (χ1) is 6.48. The van der Waals surface area contributed by atoms with Gasteiger partial charge in [0.25, 0.3) is 0 Å². The van der Waals surface area contributed by atoms with Crippen LogP contribution >= 0.6 is 27.7 Å². The molecule has 0 spiro atoms. The van der Waals surface area contributed by atoms with E-state index in [1.807, 2.05) is 13.8 Å². The van der Waals surface area contributed by atoms with Crippen LogP contribution < -0.4 is 5.32 Å². The maximum atomic E-state index is 11.3. The second-order valence-corrected chi connectivity index (χ2v) is 6.63. The number of hydrogen-bond donors (Lipinski definition) is 2. The highest BCUT2D eigenvalue weighted by Crippen LogP contribution is 2.15. The fourth-order valence-corrected chi connectivity index (χ4v) is 1.64. The molecule has 0 aromatic carbocycles. The summed E-state index contributed by atoms with van der Waals surface area (Å²) < 4.78 is -0.483. The average molecular weight is 284 g/mol. The number of carbonyl (C=O) groups is 1. The van der Waals surface area contributed by atoms with Gasteiger partial charge in [0.05, 0.1) is 4.32 Å². The third kappa shape index (κ3) is 7.64. The Labute approximate surface area is 98.2 Å². The molecule has 1 amide bonds. The molecule has 0 rings (SSSR count). The van der Waals surface area contributed by atoms with Gasteiger partial charge < -0.3 is 10.4 Å². The van der Waals surface area contributed by atoms with E-state index in [2.05, 4.69) is 21.2 Å². The van der Waals surface area contributed by atoms with Gasteiger partial charge in [-0.15, -0.1) is 0 Å². The van der Waals surface area contributed by atoms with Gasteiger partial charge in [-0.1, -0.05) is 15.9 Å². The van der Waals surface area contributed by atoms with Crippen molar-refractivity contribution in [3.8, 4) is 0 Å². The van der Waals surface area contributed by atoms with Crippen molar-refractivity contribution in [1.29, 1.82) is 0 Å². The fraction of sp³-hybridized carbons (Fsp3) is 0.889. The van der Waals surface area contributed by atoms with Gasteiger partial charge >= 0.3 is 0 Å². The van der Waals surface area contributed by atoms with Gasteiger partial charge in [-0.3, -0.25) is 4.79 Å². The van der Waals surface area contributed by atoms with Gasteiger partial charge in [0.1, 0.15) is 0 Å². The smallest absolute Gasteiger partial charge is 0.236 e. The van der Waals surface area contributed by atoms with Crippen molar-refractivity contribution in [1.82, 2.24) is 5.32 Å². The number of halogens is 1. The van der Waals surface area contributed by atoms with Gasteiger partial charge in [0.2, 0.25) is 5.91 Å². The molecular formula is C9H18BrNO2S. The highest BCUT2D eigenvalue weighted by Gasteiger charge is 2.22. The van der Waals surface area contributed by atoms with Crippen molar-refractivity contribution < 1.29 is 9.90 Å². The number of hydrogen-bond acceptors (Lipinski definition) is 3. The Bertz CT molecular complexity index is 171. The van der Waals surface area contributed by atoms with E-state index < -0.39 is 4.32 Å². The topological polar surface area (TPSA) is 49.3 Å². The molecule has 84 valence electrons. The lowest BCUT2D eigenvalue weighted by atomic mass is 10.2. The maximum absolute atomic E-state index is 11.3. The van der Waals surface area contributed by atoms with Crippen LogP contribution in [0.25, 0.3) is 0 Å². The molecule has 0 bridgehead atoms. The van der Waals surface area contributed by atoms with E-state index in [0.717, 1.165) is 17.9 Å². The Morgan fingerprint density at radius 1 is 1.50 bits per heavy atom. The molecule has 0 atom stereocenters. The Kier molecular flexibility index (Phi) is 7.68. The van der Waals surface area contributed by atoms with Crippen molar-refractivity contribution in [3.05, 3.63) is 0 Å². The van der Waals surface area contributed by atoms with Crippen LogP contribution in [0.3, 0.4) is 0 Å². The number of nitrogens with one attached hydrogen (secondary N) is 1. The Morgan fingerprint density at radius 2 is 2.14 bits per heavy atom. The highest BCUT2D eigenvalue weighted by molar-refractivity contribution is 9.10. The molecule has 0 aromatic heterocycles. The number of carbonyl (C=O) groups excluding carboxylic acids is 1. The molecule has 0 radical (unpaired) electrons. The first-order valence-corrected chi connectivity index (χ1v) is 6.59. The standard InChI is InChI=1S/C9H18BrNO2S/c1-9(2,10)8(13)11-4-7-14-6-3-5-12/h12H,3-7H2,1-2H3,(H,11,13). The molecule has 0 heterocycles. The summed E-state index contributed by atoms with van der Waals surface area (Å²) in [6, 6.07) is 0. The summed E-state index contributed by atoms with van der Waals surface area (Å²) in [4.78, 5) is 11.3. The Morgan fingerprint density at radius 3 is 2.64 bits per heavy atom. The predicted octanol–water partition coefficient (Wildman–Crippen LogP) is 1.39. The molecule has 3 nitrogen and oxygen atoms in total. The first kappa shape index (κ1) is 14.3. The number of alkyl halides is 1. The molecule has 0 saturated heterocycles. The first-order valence-electron chi connectivity index (χ1n) is 4.64. The van der Waals surface area contributed by atoms with Gasteiger partial charge in [0.15, 0.2) is 0 Å². The molecule has 2 N–H and O–H groups in total. The number of rotatable bonds is 7. The second-order valence-electron chi connectivity index (χ2n) is 3.42. The van der Waals surface area contributed by atoms with Crippen molar-refractivity contribution in [2.45, 2.75) is 24.6 Å². The lowest BCUT2D eigenvalue weighted by Gasteiger charge is -2.15. The van der Waals surface area contributed by atoms with E-state index in [4.69, 9.17) is 5.11 Å². The third-order valence-corrected chi connectivity index (χ3v) is 2.95. The van der Waals surface area contributed by atoms with E-state index in [0.29, 0.717) is 6.54 Å². The fourth-order valence-electron chi connectivity index (χ4n) is 0.716. The maximum Gasteiger partial charge on any atom is 0.236 e. The largest absolute Gasteiger partial charge is 0.396 e.